The zero-order chi connectivity index (χ0) is 18.2. The first kappa shape index (κ1) is 19.1. The SMILES string of the molecule is OCCC(CCN1CCOCC1)C(O)(c1ccccc1)c1ccccc1. The fraction of sp³-hybridized carbons (Fsp3) is 0.455. The molecule has 0 aromatic heterocycles. The third-order valence-corrected chi connectivity index (χ3v) is 5.39. The molecule has 0 aliphatic carbocycles. The second kappa shape index (κ2) is 9.28. The van der Waals surface area contributed by atoms with Crippen molar-refractivity contribution in [2.45, 2.75) is 18.4 Å². The number of aliphatic hydroxyl groups excluding tert-OH is 1. The second-order valence-electron chi connectivity index (χ2n) is 6.95. The van der Waals surface area contributed by atoms with Gasteiger partial charge in [0, 0.05) is 19.7 Å². The Kier molecular flexibility index (Phi) is 6.80. The normalized spacial score (nSPS) is 17.2. The van der Waals surface area contributed by atoms with Crippen LogP contribution in [0.5, 0.6) is 0 Å². The van der Waals surface area contributed by atoms with Gasteiger partial charge in [-0.15, -0.1) is 0 Å². The van der Waals surface area contributed by atoms with E-state index in [1.807, 2.05) is 60.7 Å². The lowest BCUT2D eigenvalue weighted by atomic mass is 9.73. The third-order valence-electron chi connectivity index (χ3n) is 5.39. The molecule has 0 radical (unpaired) electrons. The Morgan fingerprint density at radius 2 is 1.42 bits per heavy atom. The van der Waals surface area contributed by atoms with Gasteiger partial charge in [-0.05, 0) is 36.4 Å². The van der Waals surface area contributed by atoms with Crippen LogP contribution in [0.4, 0.5) is 0 Å². The van der Waals surface area contributed by atoms with E-state index in [0.29, 0.717) is 6.42 Å². The van der Waals surface area contributed by atoms with Crippen molar-refractivity contribution in [2.75, 3.05) is 39.5 Å². The highest BCUT2D eigenvalue weighted by Crippen LogP contribution is 2.40. The minimum absolute atomic E-state index is 0.0652. The van der Waals surface area contributed by atoms with Gasteiger partial charge < -0.3 is 14.9 Å². The van der Waals surface area contributed by atoms with E-state index in [0.717, 1.165) is 50.4 Å². The summed E-state index contributed by atoms with van der Waals surface area (Å²) in [5.41, 5.74) is 0.649. The van der Waals surface area contributed by atoms with Crippen LogP contribution in [0.2, 0.25) is 0 Å². The summed E-state index contributed by atoms with van der Waals surface area (Å²) in [7, 11) is 0. The molecule has 1 fully saturated rings. The summed E-state index contributed by atoms with van der Waals surface area (Å²) in [6.45, 7) is 4.37. The maximum absolute atomic E-state index is 11.9. The summed E-state index contributed by atoms with van der Waals surface area (Å²) in [4.78, 5) is 2.38. The van der Waals surface area contributed by atoms with Crippen LogP contribution in [0.3, 0.4) is 0 Å². The van der Waals surface area contributed by atoms with Gasteiger partial charge >= 0.3 is 0 Å². The first-order valence-electron chi connectivity index (χ1n) is 9.49. The Morgan fingerprint density at radius 3 is 1.92 bits per heavy atom. The molecule has 26 heavy (non-hydrogen) atoms. The fourth-order valence-electron chi connectivity index (χ4n) is 3.90. The highest BCUT2D eigenvalue weighted by Gasteiger charge is 2.39. The Labute approximate surface area is 156 Å². The minimum atomic E-state index is -1.11. The lowest BCUT2D eigenvalue weighted by Crippen LogP contribution is -2.42. The third kappa shape index (κ3) is 4.33. The molecule has 0 amide bonds. The average Bonchev–Trinajstić information content (AvgIpc) is 2.72. The molecule has 1 aliphatic heterocycles. The summed E-state index contributed by atoms with van der Waals surface area (Å²) in [5.74, 6) is -0.0693. The van der Waals surface area contributed by atoms with E-state index < -0.39 is 5.60 Å². The summed E-state index contributed by atoms with van der Waals surface area (Å²) < 4.78 is 5.43. The summed E-state index contributed by atoms with van der Waals surface area (Å²) in [6, 6.07) is 19.7. The van der Waals surface area contributed by atoms with E-state index in [2.05, 4.69) is 4.90 Å². The van der Waals surface area contributed by atoms with Gasteiger partial charge in [-0.2, -0.15) is 0 Å². The van der Waals surface area contributed by atoms with Crippen molar-refractivity contribution in [3.63, 3.8) is 0 Å². The number of nitrogens with zero attached hydrogens (tertiary/aromatic N) is 1. The molecule has 4 nitrogen and oxygen atoms in total. The molecule has 1 aliphatic rings. The number of hydrogen-bond acceptors (Lipinski definition) is 4. The molecule has 1 atom stereocenters. The molecular formula is C22H29NO3. The van der Waals surface area contributed by atoms with Crippen LogP contribution in [0.15, 0.2) is 60.7 Å². The molecule has 3 rings (SSSR count). The molecule has 1 heterocycles. The van der Waals surface area contributed by atoms with Gasteiger partial charge in [0.15, 0.2) is 0 Å². The Hall–Kier alpha value is -1.72. The molecule has 4 heteroatoms. The first-order chi connectivity index (χ1) is 12.7. The average molecular weight is 355 g/mol. The standard InChI is InChI=1S/C22H29NO3/c24-16-12-21(11-13-23-14-17-26-18-15-23)22(25,19-7-3-1-4-8-19)20-9-5-2-6-10-20/h1-10,21,24-25H,11-18H2. The van der Waals surface area contributed by atoms with Gasteiger partial charge in [-0.1, -0.05) is 60.7 Å². The number of ether oxygens (including phenoxy) is 1. The smallest absolute Gasteiger partial charge is 0.118 e. The van der Waals surface area contributed by atoms with Crippen molar-refractivity contribution in [3.05, 3.63) is 71.8 Å². The maximum Gasteiger partial charge on any atom is 0.118 e. The van der Waals surface area contributed by atoms with E-state index in [-0.39, 0.29) is 12.5 Å². The number of hydrogen-bond donors (Lipinski definition) is 2. The number of rotatable bonds is 8. The molecule has 2 N–H and O–H groups in total. The number of benzene rings is 2. The van der Waals surface area contributed by atoms with E-state index in [4.69, 9.17) is 4.74 Å². The van der Waals surface area contributed by atoms with Crippen molar-refractivity contribution in [1.82, 2.24) is 4.90 Å². The van der Waals surface area contributed by atoms with Crippen LogP contribution in [0.1, 0.15) is 24.0 Å². The van der Waals surface area contributed by atoms with Crippen molar-refractivity contribution >= 4 is 0 Å². The number of morpholine rings is 1. The Balaban J connectivity index is 1.89. The van der Waals surface area contributed by atoms with Gasteiger partial charge in [0.25, 0.3) is 0 Å². The van der Waals surface area contributed by atoms with Gasteiger partial charge in [-0.3, -0.25) is 4.90 Å². The minimum Gasteiger partial charge on any atom is -0.396 e. The van der Waals surface area contributed by atoms with Gasteiger partial charge in [0.2, 0.25) is 0 Å². The lowest BCUT2D eigenvalue weighted by molar-refractivity contribution is -0.0114. The predicted octanol–water partition coefficient (Wildman–Crippen LogP) is 2.64. The van der Waals surface area contributed by atoms with E-state index >= 15 is 0 Å². The van der Waals surface area contributed by atoms with Crippen LogP contribution >= 0.6 is 0 Å². The van der Waals surface area contributed by atoms with Crippen LogP contribution in [0, 0.1) is 5.92 Å². The molecule has 1 saturated heterocycles. The maximum atomic E-state index is 11.9. The van der Waals surface area contributed by atoms with Gasteiger partial charge in [-0.25, -0.2) is 0 Å². The summed E-state index contributed by atoms with van der Waals surface area (Å²) in [5, 5.41) is 21.6. The molecule has 2 aromatic rings. The lowest BCUT2D eigenvalue weighted by Gasteiger charge is -2.39. The molecule has 0 saturated carbocycles. The van der Waals surface area contributed by atoms with E-state index in [9.17, 15) is 10.2 Å². The van der Waals surface area contributed by atoms with Crippen molar-refractivity contribution in [2.24, 2.45) is 5.92 Å². The first-order valence-corrected chi connectivity index (χ1v) is 9.49. The van der Waals surface area contributed by atoms with Crippen molar-refractivity contribution in [3.8, 4) is 0 Å². The van der Waals surface area contributed by atoms with Crippen molar-refractivity contribution < 1.29 is 14.9 Å². The Bertz CT molecular complexity index is 601. The van der Waals surface area contributed by atoms with E-state index in [1.165, 1.54) is 0 Å². The quantitative estimate of drug-likeness (QED) is 0.764. The van der Waals surface area contributed by atoms with E-state index in [1.54, 1.807) is 0 Å². The summed E-state index contributed by atoms with van der Waals surface area (Å²) >= 11 is 0. The zero-order valence-electron chi connectivity index (χ0n) is 15.3. The van der Waals surface area contributed by atoms with Crippen LogP contribution in [-0.2, 0) is 10.3 Å². The monoisotopic (exact) mass is 355 g/mol. The van der Waals surface area contributed by atoms with Crippen LogP contribution < -0.4 is 0 Å². The fourth-order valence-corrected chi connectivity index (χ4v) is 3.90. The largest absolute Gasteiger partial charge is 0.396 e. The second-order valence-corrected chi connectivity index (χ2v) is 6.95. The van der Waals surface area contributed by atoms with Crippen LogP contribution in [-0.4, -0.2) is 54.6 Å². The van der Waals surface area contributed by atoms with Gasteiger partial charge in [0.1, 0.15) is 5.60 Å². The Morgan fingerprint density at radius 1 is 0.885 bits per heavy atom. The van der Waals surface area contributed by atoms with Gasteiger partial charge in [0.05, 0.1) is 13.2 Å². The van der Waals surface area contributed by atoms with Crippen molar-refractivity contribution in [1.29, 1.82) is 0 Å². The zero-order valence-corrected chi connectivity index (χ0v) is 15.3. The highest BCUT2D eigenvalue weighted by molar-refractivity contribution is 5.37. The number of aliphatic hydroxyl groups is 2. The summed E-state index contributed by atoms with van der Waals surface area (Å²) in [6.07, 6.45) is 1.38. The predicted molar refractivity (Wildman–Crippen MR) is 103 cm³/mol. The van der Waals surface area contributed by atoms with Crippen LogP contribution in [0.25, 0.3) is 0 Å². The molecule has 140 valence electrons. The highest BCUT2D eigenvalue weighted by atomic mass is 16.5. The molecule has 1 unspecified atom stereocenters. The molecule has 2 aromatic carbocycles. The molecule has 0 bridgehead atoms. The molecule has 0 spiro atoms. The molecular weight excluding hydrogens is 326 g/mol. The topological polar surface area (TPSA) is 52.9 Å².